The van der Waals surface area contributed by atoms with Crippen LogP contribution in [0.5, 0.6) is 0 Å². The molecule has 10 heteroatoms. The van der Waals surface area contributed by atoms with Crippen molar-refractivity contribution >= 4 is 15.9 Å². The van der Waals surface area contributed by atoms with Crippen LogP contribution in [0.25, 0.3) is 11.5 Å². The molecule has 0 unspecified atom stereocenters. The van der Waals surface area contributed by atoms with E-state index in [-0.39, 0.29) is 36.1 Å². The molecule has 1 amide bonds. The van der Waals surface area contributed by atoms with Crippen LogP contribution in [-0.4, -0.2) is 54.9 Å². The van der Waals surface area contributed by atoms with Crippen molar-refractivity contribution in [1.29, 1.82) is 0 Å². The van der Waals surface area contributed by atoms with Crippen molar-refractivity contribution in [1.82, 2.24) is 14.4 Å². The minimum atomic E-state index is -3.76. The maximum absolute atomic E-state index is 13.1. The lowest BCUT2D eigenvalue weighted by Gasteiger charge is -2.21. The van der Waals surface area contributed by atoms with Gasteiger partial charge in [-0.1, -0.05) is 5.16 Å². The minimum Gasteiger partial charge on any atom is -0.461 e. The summed E-state index contributed by atoms with van der Waals surface area (Å²) in [6.45, 7) is 0.994. The van der Waals surface area contributed by atoms with Crippen molar-refractivity contribution in [3.63, 3.8) is 0 Å². The van der Waals surface area contributed by atoms with E-state index < -0.39 is 15.8 Å². The number of carbonyl (C=O) groups is 1. The summed E-state index contributed by atoms with van der Waals surface area (Å²) in [6.07, 6.45) is 1.96. The number of benzene rings is 1. The van der Waals surface area contributed by atoms with E-state index in [9.17, 15) is 17.6 Å². The Morgan fingerprint density at radius 2 is 1.83 bits per heavy atom. The maximum atomic E-state index is 13.1. The second kappa shape index (κ2) is 7.80. The summed E-state index contributed by atoms with van der Waals surface area (Å²) in [5, 5.41) is 3.81. The average Bonchev–Trinajstić information content (AvgIpc) is 3.35. The summed E-state index contributed by atoms with van der Waals surface area (Å²) in [4.78, 5) is 14.3. The topological polar surface area (TPSA) is 96.9 Å². The smallest absolute Gasteiger partial charge is 0.276 e. The van der Waals surface area contributed by atoms with Crippen LogP contribution in [0.4, 0.5) is 4.39 Å². The van der Waals surface area contributed by atoms with Gasteiger partial charge in [0.25, 0.3) is 5.91 Å². The molecule has 0 spiro atoms. The van der Waals surface area contributed by atoms with Gasteiger partial charge in [-0.25, -0.2) is 12.8 Å². The first-order valence-corrected chi connectivity index (χ1v) is 10.4. The lowest BCUT2D eigenvalue weighted by Crippen LogP contribution is -2.37. The van der Waals surface area contributed by atoms with E-state index in [0.29, 0.717) is 24.5 Å². The lowest BCUT2D eigenvalue weighted by molar-refractivity contribution is 0.0754. The van der Waals surface area contributed by atoms with Gasteiger partial charge in [-0.05, 0) is 42.8 Å². The molecule has 1 aliphatic rings. The molecule has 152 valence electrons. The number of amides is 1. The van der Waals surface area contributed by atoms with Gasteiger partial charge in [-0.15, -0.1) is 0 Å². The Morgan fingerprint density at radius 1 is 1.03 bits per heavy atom. The Bertz CT molecular complexity index is 1090. The van der Waals surface area contributed by atoms with Crippen molar-refractivity contribution in [3.8, 4) is 11.5 Å². The fourth-order valence-corrected chi connectivity index (χ4v) is 4.64. The third-order valence-electron chi connectivity index (χ3n) is 4.69. The standard InChI is InChI=1S/C19H18FN3O5S/c20-14-4-6-15(7-5-14)29(25,26)23-9-2-8-22(10-11-23)19(24)16-13-18(28-21-16)17-3-1-12-27-17/h1,3-7,12-13H,2,8-11H2. The highest BCUT2D eigenvalue weighted by Crippen LogP contribution is 2.22. The van der Waals surface area contributed by atoms with E-state index >= 15 is 0 Å². The first-order chi connectivity index (χ1) is 13.9. The first kappa shape index (κ1) is 19.3. The molecule has 29 heavy (non-hydrogen) atoms. The van der Waals surface area contributed by atoms with Crippen LogP contribution in [0, 0.1) is 5.82 Å². The molecule has 8 nitrogen and oxygen atoms in total. The third-order valence-corrected chi connectivity index (χ3v) is 6.60. The number of aromatic nitrogens is 1. The molecule has 0 saturated carbocycles. The summed E-state index contributed by atoms with van der Waals surface area (Å²) < 4.78 is 50.4. The van der Waals surface area contributed by atoms with Crippen molar-refractivity contribution in [2.24, 2.45) is 0 Å². The zero-order chi connectivity index (χ0) is 20.4. The van der Waals surface area contributed by atoms with Crippen molar-refractivity contribution in [2.75, 3.05) is 26.2 Å². The van der Waals surface area contributed by atoms with Crippen molar-refractivity contribution < 1.29 is 26.5 Å². The Morgan fingerprint density at radius 3 is 2.55 bits per heavy atom. The number of carbonyl (C=O) groups excluding carboxylic acids is 1. The third kappa shape index (κ3) is 3.94. The lowest BCUT2D eigenvalue weighted by atomic mass is 10.3. The molecule has 3 heterocycles. The average molecular weight is 419 g/mol. The van der Waals surface area contributed by atoms with Crippen LogP contribution < -0.4 is 0 Å². The molecule has 0 bridgehead atoms. The van der Waals surface area contributed by atoms with Crippen LogP contribution in [0.15, 0.2) is 62.6 Å². The molecule has 0 N–H and O–H groups in total. The van der Waals surface area contributed by atoms with Gasteiger partial charge in [-0.2, -0.15) is 4.31 Å². The Balaban J connectivity index is 1.46. The van der Waals surface area contributed by atoms with Crippen molar-refractivity contribution in [3.05, 3.63) is 60.2 Å². The van der Waals surface area contributed by atoms with Gasteiger partial charge in [0.1, 0.15) is 5.82 Å². The highest BCUT2D eigenvalue weighted by Gasteiger charge is 2.29. The normalized spacial score (nSPS) is 16.0. The fourth-order valence-electron chi connectivity index (χ4n) is 3.17. The van der Waals surface area contributed by atoms with Crippen LogP contribution in [-0.2, 0) is 10.0 Å². The van der Waals surface area contributed by atoms with Crippen LogP contribution >= 0.6 is 0 Å². The fraction of sp³-hybridized carbons (Fsp3) is 0.263. The molecule has 1 saturated heterocycles. The molecule has 4 rings (SSSR count). The summed E-state index contributed by atoms with van der Waals surface area (Å²) in [5.41, 5.74) is 0.131. The molecule has 0 aliphatic carbocycles. The SMILES string of the molecule is O=C(c1cc(-c2ccco2)on1)N1CCCN(S(=O)(=O)c2ccc(F)cc2)CC1. The second-order valence-corrected chi connectivity index (χ2v) is 8.50. The zero-order valence-electron chi connectivity index (χ0n) is 15.3. The van der Waals surface area contributed by atoms with Crippen molar-refractivity contribution in [2.45, 2.75) is 11.3 Å². The predicted molar refractivity (Wildman–Crippen MR) is 99.9 cm³/mol. The molecule has 3 aromatic rings. The largest absolute Gasteiger partial charge is 0.461 e. The molecule has 2 aromatic heterocycles. The van der Waals surface area contributed by atoms with Gasteiger partial charge < -0.3 is 13.8 Å². The monoisotopic (exact) mass is 419 g/mol. The van der Waals surface area contributed by atoms with Crippen LogP contribution in [0.3, 0.4) is 0 Å². The molecule has 1 aromatic carbocycles. The van der Waals surface area contributed by atoms with Gasteiger partial charge in [0.05, 0.1) is 11.2 Å². The summed E-state index contributed by atoms with van der Waals surface area (Å²) in [7, 11) is -3.76. The van der Waals surface area contributed by atoms with E-state index in [2.05, 4.69) is 5.16 Å². The van der Waals surface area contributed by atoms with Crippen LogP contribution in [0.1, 0.15) is 16.9 Å². The zero-order valence-corrected chi connectivity index (χ0v) is 16.1. The maximum Gasteiger partial charge on any atom is 0.276 e. The quantitative estimate of drug-likeness (QED) is 0.645. The first-order valence-electron chi connectivity index (χ1n) is 9.01. The van der Waals surface area contributed by atoms with Gasteiger partial charge in [0, 0.05) is 32.2 Å². The number of sulfonamides is 1. The number of nitrogens with zero attached hydrogens (tertiary/aromatic N) is 3. The highest BCUT2D eigenvalue weighted by molar-refractivity contribution is 7.89. The molecule has 1 fully saturated rings. The molecular formula is C19H18FN3O5S. The van der Waals surface area contributed by atoms with Gasteiger partial charge >= 0.3 is 0 Å². The minimum absolute atomic E-state index is 0.0262. The molecule has 1 aliphatic heterocycles. The Labute approximate surface area is 166 Å². The van der Waals surface area contributed by atoms with E-state index in [1.807, 2.05) is 0 Å². The number of rotatable bonds is 4. The molecule has 0 atom stereocenters. The van der Waals surface area contributed by atoms with E-state index in [1.54, 1.807) is 17.0 Å². The predicted octanol–water partition coefficient (Wildman–Crippen LogP) is 2.61. The summed E-state index contributed by atoms with van der Waals surface area (Å²) >= 11 is 0. The Kier molecular flexibility index (Phi) is 5.20. The second-order valence-electron chi connectivity index (χ2n) is 6.56. The number of hydrogen-bond donors (Lipinski definition) is 0. The van der Waals surface area contributed by atoms with Gasteiger partial charge in [0.15, 0.2) is 11.5 Å². The van der Waals surface area contributed by atoms with Crippen LogP contribution in [0.2, 0.25) is 0 Å². The summed E-state index contributed by atoms with van der Waals surface area (Å²) in [6, 6.07) is 9.60. The van der Waals surface area contributed by atoms with Gasteiger partial charge in [0.2, 0.25) is 15.8 Å². The number of hydrogen-bond acceptors (Lipinski definition) is 6. The van der Waals surface area contributed by atoms with E-state index in [1.165, 1.54) is 28.8 Å². The van der Waals surface area contributed by atoms with E-state index in [0.717, 1.165) is 12.1 Å². The number of furan rings is 1. The molecule has 0 radical (unpaired) electrons. The molecular weight excluding hydrogens is 401 g/mol. The Hall–Kier alpha value is -2.98. The van der Waals surface area contributed by atoms with E-state index in [4.69, 9.17) is 8.94 Å². The number of halogens is 1. The summed E-state index contributed by atoms with van der Waals surface area (Å²) in [5.74, 6) is -0.0385. The highest BCUT2D eigenvalue weighted by atomic mass is 32.2. The van der Waals surface area contributed by atoms with Gasteiger partial charge in [-0.3, -0.25) is 4.79 Å².